The van der Waals surface area contributed by atoms with Gasteiger partial charge < -0.3 is 4.90 Å². The Kier molecular flexibility index (Phi) is 3.59. The first-order chi connectivity index (χ1) is 10.2. The van der Waals surface area contributed by atoms with E-state index in [0.717, 1.165) is 16.7 Å². The molecule has 0 aliphatic heterocycles. The molecule has 0 aliphatic rings. The molecule has 0 amide bonds. The number of nitriles is 1. The standard InChI is InChI=1S/C17H15N3S/c1-12(16-8-5-9-21-16)20(2)17-10-13(11-18)14-6-3-4-7-15(14)19-17/h3-10,12H,1-2H3. The van der Waals surface area contributed by atoms with Crippen LogP contribution in [0.5, 0.6) is 0 Å². The number of hydrogen-bond acceptors (Lipinski definition) is 4. The molecule has 104 valence electrons. The number of para-hydroxylation sites is 1. The van der Waals surface area contributed by atoms with Crippen molar-refractivity contribution in [3.05, 3.63) is 58.3 Å². The Morgan fingerprint density at radius 1 is 1.24 bits per heavy atom. The number of anilines is 1. The van der Waals surface area contributed by atoms with E-state index in [-0.39, 0.29) is 6.04 Å². The molecule has 2 aromatic heterocycles. The van der Waals surface area contributed by atoms with Crippen LogP contribution in [0.15, 0.2) is 47.8 Å². The molecule has 0 saturated carbocycles. The molecule has 21 heavy (non-hydrogen) atoms. The van der Waals surface area contributed by atoms with Crippen LogP contribution in [0, 0.1) is 11.3 Å². The largest absolute Gasteiger partial charge is 0.352 e. The van der Waals surface area contributed by atoms with Gasteiger partial charge in [0.15, 0.2) is 0 Å². The highest BCUT2D eigenvalue weighted by Gasteiger charge is 2.16. The summed E-state index contributed by atoms with van der Waals surface area (Å²) >= 11 is 1.73. The van der Waals surface area contributed by atoms with Crippen LogP contribution in [0.25, 0.3) is 10.9 Å². The fourth-order valence-corrected chi connectivity index (χ4v) is 3.18. The molecule has 0 saturated heterocycles. The van der Waals surface area contributed by atoms with Crippen molar-refractivity contribution in [3.8, 4) is 6.07 Å². The van der Waals surface area contributed by atoms with Gasteiger partial charge in [0, 0.05) is 17.3 Å². The second kappa shape index (κ2) is 5.55. The van der Waals surface area contributed by atoms with Gasteiger partial charge in [-0.15, -0.1) is 11.3 Å². The number of thiophene rings is 1. The lowest BCUT2D eigenvalue weighted by atomic mass is 10.1. The van der Waals surface area contributed by atoms with E-state index in [1.54, 1.807) is 11.3 Å². The summed E-state index contributed by atoms with van der Waals surface area (Å²) in [6.45, 7) is 2.15. The number of rotatable bonds is 3. The molecule has 1 unspecified atom stereocenters. The second-order valence-corrected chi connectivity index (χ2v) is 5.94. The van der Waals surface area contributed by atoms with E-state index in [0.29, 0.717) is 5.56 Å². The van der Waals surface area contributed by atoms with Gasteiger partial charge in [-0.05, 0) is 30.5 Å². The van der Waals surface area contributed by atoms with Crippen LogP contribution >= 0.6 is 11.3 Å². The molecular weight excluding hydrogens is 278 g/mol. The minimum absolute atomic E-state index is 0.227. The van der Waals surface area contributed by atoms with Gasteiger partial charge >= 0.3 is 0 Å². The molecule has 0 bridgehead atoms. The molecule has 0 radical (unpaired) electrons. The SMILES string of the molecule is CC(c1cccs1)N(C)c1cc(C#N)c2ccccc2n1. The van der Waals surface area contributed by atoms with Crippen LogP contribution in [0.3, 0.4) is 0 Å². The zero-order chi connectivity index (χ0) is 14.8. The predicted octanol–water partition coefficient (Wildman–Crippen LogP) is 4.37. The van der Waals surface area contributed by atoms with Crippen molar-refractivity contribution in [2.75, 3.05) is 11.9 Å². The summed E-state index contributed by atoms with van der Waals surface area (Å²) in [6.07, 6.45) is 0. The predicted molar refractivity (Wildman–Crippen MR) is 87.6 cm³/mol. The molecule has 0 N–H and O–H groups in total. The van der Waals surface area contributed by atoms with Crippen molar-refractivity contribution < 1.29 is 0 Å². The van der Waals surface area contributed by atoms with E-state index in [2.05, 4.69) is 35.4 Å². The quantitative estimate of drug-likeness (QED) is 0.720. The van der Waals surface area contributed by atoms with E-state index in [1.807, 2.05) is 37.4 Å². The highest BCUT2D eigenvalue weighted by Crippen LogP contribution is 2.29. The average molecular weight is 293 g/mol. The molecule has 3 rings (SSSR count). The zero-order valence-electron chi connectivity index (χ0n) is 11.9. The van der Waals surface area contributed by atoms with E-state index >= 15 is 0 Å². The molecule has 1 atom stereocenters. The van der Waals surface area contributed by atoms with Crippen LogP contribution in [-0.2, 0) is 0 Å². The fraction of sp³-hybridized carbons (Fsp3) is 0.176. The Balaban J connectivity index is 2.06. The third-order valence-corrected chi connectivity index (χ3v) is 4.76. The second-order valence-electron chi connectivity index (χ2n) is 4.96. The van der Waals surface area contributed by atoms with Gasteiger partial charge in [0.05, 0.1) is 23.2 Å². The lowest BCUT2D eigenvalue weighted by Gasteiger charge is -2.25. The third kappa shape index (κ3) is 2.48. The van der Waals surface area contributed by atoms with Crippen molar-refractivity contribution in [1.82, 2.24) is 4.98 Å². The van der Waals surface area contributed by atoms with Crippen molar-refractivity contribution in [1.29, 1.82) is 5.26 Å². The Morgan fingerprint density at radius 3 is 2.76 bits per heavy atom. The molecule has 4 heteroatoms. The summed E-state index contributed by atoms with van der Waals surface area (Å²) in [6, 6.07) is 16.3. The number of hydrogen-bond donors (Lipinski definition) is 0. The highest BCUT2D eigenvalue weighted by atomic mass is 32.1. The molecule has 3 nitrogen and oxygen atoms in total. The van der Waals surface area contributed by atoms with Crippen molar-refractivity contribution >= 4 is 28.1 Å². The summed E-state index contributed by atoms with van der Waals surface area (Å²) in [7, 11) is 2.02. The van der Waals surface area contributed by atoms with Gasteiger partial charge in [-0.2, -0.15) is 5.26 Å². The Bertz CT molecular complexity index is 803. The van der Waals surface area contributed by atoms with Gasteiger partial charge in [0.2, 0.25) is 0 Å². The maximum Gasteiger partial charge on any atom is 0.130 e. The Hall–Kier alpha value is -2.38. The smallest absolute Gasteiger partial charge is 0.130 e. The maximum atomic E-state index is 9.37. The van der Waals surface area contributed by atoms with Crippen LogP contribution in [-0.4, -0.2) is 12.0 Å². The van der Waals surface area contributed by atoms with Crippen molar-refractivity contribution in [2.24, 2.45) is 0 Å². The molecule has 1 aromatic carbocycles. The first-order valence-electron chi connectivity index (χ1n) is 6.77. The van der Waals surface area contributed by atoms with Crippen LogP contribution in [0.2, 0.25) is 0 Å². The molecule has 0 fully saturated rings. The first kappa shape index (κ1) is 13.6. The zero-order valence-corrected chi connectivity index (χ0v) is 12.8. The third-order valence-electron chi connectivity index (χ3n) is 3.72. The number of benzene rings is 1. The number of fused-ring (bicyclic) bond motifs is 1. The Morgan fingerprint density at radius 2 is 2.05 bits per heavy atom. The van der Waals surface area contributed by atoms with Crippen molar-refractivity contribution in [3.63, 3.8) is 0 Å². The minimum Gasteiger partial charge on any atom is -0.352 e. The van der Waals surface area contributed by atoms with Gasteiger partial charge in [-0.3, -0.25) is 0 Å². The Labute approximate surface area is 128 Å². The first-order valence-corrected chi connectivity index (χ1v) is 7.65. The van der Waals surface area contributed by atoms with Crippen molar-refractivity contribution in [2.45, 2.75) is 13.0 Å². The highest BCUT2D eigenvalue weighted by molar-refractivity contribution is 7.10. The summed E-state index contributed by atoms with van der Waals surface area (Å²) in [5.74, 6) is 0.825. The molecular formula is C17H15N3S. The number of pyridine rings is 1. The molecule has 2 heterocycles. The van der Waals surface area contributed by atoms with Gasteiger partial charge in [0.1, 0.15) is 5.82 Å². The number of aromatic nitrogens is 1. The van der Waals surface area contributed by atoms with Gasteiger partial charge in [-0.1, -0.05) is 24.3 Å². The van der Waals surface area contributed by atoms with Gasteiger partial charge in [-0.25, -0.2) is 4.98 Å². The normalized spacial score (nSPS) is 12.0. The number of nitrogens with zero attached hydrogens (tertiary/aromatic N) is 3. The van der Waals surface area contributed by atoms with E-state index in [9.17, 15) is 5.26 Å². The van der Waals surface area contributed by atoms with E-state index in [1.165, 1.54) is 4.88 Å². The van der Waals surface area contributed by atoms with Crippen LogP contribution in [0.4, 0.5) is 5.82 Å². The maximum absolute atomic E-state index is 9.37. The van der Waals surface area contributed by atoms with E-state index < -0.39 is 0 Å². The summed E-state index contributed by atoms with van der Waals surface area (Å²) in [4.78, 5) is 8.09. The molecule has 0 aliphatic carbocycles. The summed E-state index contributed by atoms with van der Waals surface area (Å²) < 4.78 is 0. The van der Waals surface area contributed by atoms with E-state index in [4.69, 9.17) is 4.98 Å². The summed E-state index contributed by atoms with van der Waals surface area (Å²) in [5, 5.41) is 12.4. The fourth-order valence-electron chi connectivity index (χ4n) is 2.35. The monoisotopic (exact) mass is 293 g/mol. The van der Waals surface area contributed by atoms with Gasteiger partial charge in [0.25, 0.3) is 0 Å². The molecule has 0 spiro atoms. The minimum atomic E-state index is 0.227. The lowest BCUT2D eigenvalue weighted by molar-refractivity contribution is 0.744. The topological polar surface area (TPSA) is 39.9 Å². The summed E-state index contributed by atoms with van der Waals surface area (Å²) in [5.41, 5.74) is 1.53. The lowest BCUT2D eigenvalue weighted by Crippen LogP contribution is -2.22. The molecule has 3 aromatic rings. The van der Waals surface area contributed by atoms with Crippen LogP contribution in [0.1, 0.15) is 23.4 Å². The average Bonchev–Trinajstić information content (AvgIpc) is 3.06. The van der Waals surface area contributed by atoms with Crippen LogP contribution < -0.4 is 4.90 Å².